The first-order valence-electron chi connectivity index (χ1n) is 9.60. The van der Waals surface area contributed by atoms with Gasteiger partial charge in [-0.3, -0.25) is 4.79 Å². The summed E-state index contributed by atoms with van der Waals surface area (Å²) in [6, 6.07) is 20.8. The van der Waals surface area contributed by atoms with Crippen LogP contribution < -0.4 is 5.32 Å². The van der Waals surface area contributed by atoms with Gasteiger partial charge in [0.2, 0.25) is 15.9 Å². The highest BCUT2D eigenvalue weighted by atomic mass is 79.9. The van der Waals surface area contributed by atoms with Crippen molar-refractivity contribution in [1.82, 2.24) is 9.62 Å². The van der Waals surface area contributed by atoms with Crippen LogP contribution in [0.15, 0.2) is 88.2 Å². The van der Waals surface area contributed by atoms with Gasteiger partial charge in [0.25, 0.3) is 0 Å². The van der Waals surface area contributed by atoms with Gasteiger partial charge in [-0.05, 0) is 54.4 Å². The van der Waals surface area contributed by atoms with E-state index in [1.165, 1.54) is 12.1 Å². The molecule has 0 bridgehead atoms. The van der Waals surface area contributed by atoms with Crippen molar-refractivity contribution in [2.45, 2.75) is 24.4 Å². The maximum atomic E-state index is 13.3. The van der Waals surface area contributed by atoms with Crippen molar-refractivity contribution in [3.05, 3.63) is 100 Å². The molecule has 0 spiro atoms. The topological polar surface area (TPSA) is 66.5 Å². The smallest absolute Gasteiger partial charge is 0.243 e. The summed E-state index contributed by atoms with van der Waals surface area (Å²) >= 11 is 3.40. The van der Waals surface area contributed by atoms with Crippen LogP contribution in [0.25, 0.3) is 0 Å². The van der Waals surface area contributed by atoms with Gasteiger partial charge in [0.05, 0.1) is 17.5 Å². The second-order valence-corrected chi connectivity index (χ2v) is 9.91. The van der Waals surface area contributed by atoms with Crippen molar-refractivity contribution >= 4 is 31.9 Å². The van der Waals surface area contributed by atoms with Crippen molar-refractivity contribution in [2.75, 3.05) is 6.54 Å². The second kappa shape index (κ2) is 10.2. The molecule has 0 heterocycles. The normalized spacial score (nSPS) is 12.5. The third kappa shape index (κ3) is 6.22. The lowest BCUT2D eigenvalue weighted by Crippen LogP contribution is -2.41. The fourth-order valence-electron chi connectivity index (χ4n) is 3.08. The van der Waals surface area contributed by atoms with E-state index in [-0.39, 0.29) is 24.0 Å². The van der Waals surface area contributed by atoms with E-state index in [2.05, 4.69) is 21.2 Å². The molecule has 1 N–H and O–H groups in total. The van der Waals surface area contributed by atoms with Crippen LogP contribution in [0.1, 0.15) is 24.1 Å². The average molecular weight is 505 g/mol. The lowest BCUT2D eigenvalue weighted by Gasteiger charge is -2.23. The molecule has 1 amide bonds. The third-order valence-corrected chi connectivity index (χ3v) is 7.00. The first kappa shape index (κ1) is 23.1. The highest BCUT2D eigenvalue weighted by Gasteiger charge is 2.27. The molecule has 5 nitrogen and oxygen atoms in total. The van der Waals surface area contributed by atoms with E-state index >= 15 is 0 Å². The molecular weight excluding hydrogens is 483 g/mol. The molecule has 1 atom stereocenters. The Labute approximate surface area is 190 Å². The van der Waals surface area contributed by atoms with E-state index < -0.39 is 21.7 Å². The molecule has 0 aliphatic rings. The van der Waals surface area contributed by atoms with Crippen LogP contribution in [0.3, 0.4) is 0 Å². The van der Waals surface area contributed by atoms with E-state index in [0.29, 0.717) is 0 Å². The van der Waals surface area contributed by atoms with E-state index in [0.717, 1.165) is 32.0 Å². The number of carbonyl (C=O) groups is 1. The molecule has 0 aliphatic carbocycles. The van der Waals surface area contributed by atoms with Crippen LogP contribution in [0, 0.1) is 5.82 Å². The Morgan fingerprint density at radius 1 is 1.03 bits per heavy atom. The first-order chi connectivity index (χ1) is 14.8. The summed E-state index contributed by atoms with van der Waals surface area (Å²) in [6.07, 6.45) is 0. The molecule has 31 heavy (non-hydrogen) atoms. The molecule has 1 unspecified atom stereocenters. The van der Waals surface area contributed by atoms with E-state index in [4.69, 9.17) is 0 Å². The lowest BCUT2D eigenvalue weighted by molar-refractivity contribution is -0.122. The summed E-state index contributed by atoms with van der Waals surface area (Å²) in [6.45, 7) is 1.47. The predicted molar refractivity (Wildman–Crippen MR) is 121 cm³/mol. The number of halogens is 2. The Balaban J connectivity index is 1.82. The van der Waals surface area contributed by atoms with Gasteiger partial charge >= 0.3 is 0 Å². The molecule has 3 rings (SSSR count). The van der Waals surface area contributed by atoms with Gasteiger partial charge in [-0.15, -0.1) is 0 Å². The molecule has 0 radical (unpaired) electrons. The monoisotopic (exact) mass is 504 g/mol. The zero-order valence-electron chi connectivity index (χ0n) is 16.8. The lowest BCUT2D eigenvalue weighted by atomic mass is 10.1. The zero-order chi connectivity index (χ0) is 22.4. The SMILES string of the molecule is CC(NC(=O)CN(Cc1ccccc1)S(=O)(=O)c1ccc(F)cc1)c1cccc(Br)c1. The zero-order valence-corrected chi connectivity index (χ0v) is 19.2. The Morgan fingerprint density at radius 2 is 1.71 bits per heavy atom. The minimum Gasteiger partial charge on any atom is -0.348 e. The average Bonchev–Trinajstić information content (AvgIpc) is 2.74. The van der Waals surface area contributed by atoms with E-state index in [1.54, 1.807) is 24.3 Å². The number of nitrogens with one attached hydrogen (secondary N) is 1. The van der Waals surface area contributed by atoms with Gasteiger partial charge in [0, 0.05) is 11.0 Å². The van der Waals surface area contributed by atoms with Crippen LogP contribution in [-0.2, 0) is 21.4 Å². The van der Waals surface area contributed by atoms with Crippen LogP contribution in [0.5, 0.6) is 0 Å². The summed E-state index contributed by atoms with van der Waals surface area (Å²) in [5.74, 6) is -0.969. The Hall–Kier alpha value is -2.55. The number of hydrogen-bond acceptors (Lipinski definition) is 3. The minimum atomic E-state index is -4.02. The first-order valence-corrected chi connectivity index (χ1v) is 11.8. The van der Waals surface area contributed by atoms with Gasteiger partial charge in [0.15, 0.2) is 0 Å². The fraction of sp³-hybridized carbons (Fsp3) is 0.174. The van der Waals surface area contributed by atoms with Crippen molar-refractivity contribution in [1.29, 1.82) is 0 Å². The van der Waals surface area contributed by atoms with Crippen molar-refractivity contribution < 1.29 is 17.6 Å². The number of hydrogen-bond donors (Lipinski definition) is 1. The molecule has 0 aromatic heterocycles. The molecule has 8 heteroatoms. The Bertz CT molecular complexity index is 1140. The summed E-state index contributed by atoms with van der Waals surface area (Å²) < 4.78 is 41.7. The minimum absolute atomic E-state index is 0.0131. The fourth-order valence-corrected chi connectivity index (χ4v) is 4.88. The van der Waals surface area contributed by atoms with Crippen molar-refractivity contribution in [2.24, 2.45) is 0 Å². The maximum absolute atomic E-state index is 13.3. The number of benzene rings is 3. The Kier molecular flexibility index (Phi) is 7.59. The summed E-state index contributed by atoms with van der Waals surface area (Å²) in [7, 11) is -4.02. The highest BCUT2D eigenvalue weighted by Crippen LogP contribution is 2.20. The quantitative estimate of drug-likeness (QED) is 0.485. The Morgan fingerprint density at radius 3 is 2.35 bits per heavy atom. The molecule has 0 fully saturated rings. The molecule has 0 saturated carbocycles. The molecule has 162 valence electrons. The number of amides is 1. The highest BCUT2D eigenvalue weighted by molar-refractivity contribution is 9.10. The number of rotatable bonds is 8. The van der Waals surface area contributed by atoms with Gasteiger partial charge in [0.1, 0.15) is 5.82 Å². The van der Waals surface area contributed by atoms with Gasteiger partial charge < -0.3 is 5.32 Å². The van der Waals surface area contributed by atoms with Crippen LogP contribution in [-0.4, -0.2) is 25.2 Å². The number of carbonyl (C=O) groups excluding carboxylic acids is 1. The van der Waals surface area contributed by atoms with Crippen LogP contribution in [0.2, 0.25) is 0 Å². The van der Waals surface area contributed by atoms with Crippen molar-refractivity contribution in [3.8, 4) is 0 Å². The van der Waals surface area contributed by atoms with Gasteiger partial charge in [-0.2, -0.15) is 4.31 Å². The number of nitrogens with zero attached hydrogens (tertiary/aromatic N) is 1. The molecular formula is C23H22BrFN2O3S. The van der Waals surface area contributed by atoms with Crippen molar-refractivity contribution in [3.63, 3.8) is 0 Å². The van der Waals surface area contributed by atoms with E-state index in [1.807, 2.05) is 37.3 Å². The summed E-state index contributed by atoms with van der Waals surface area (Å²) in [5, 5.41) is 2.85. The summed E-state index contributed by atoms with van der Waals surface area (Å²) in [4.78, 5) is 12.7. The van der Waals surface area contributed by atoms with Crippen LogP contribution >= 0.6 is 15.9 Å². The maximum Gasteiger partial charge on any atom is 0.243 e. The van der Waals surface area contributed by atoms with E-state index in [9.17, 15) is 17.6 Å². The predicted octanol–water partition coefficient (Wildman–Crippen LogP) is 4.66. The summed E-state index contributed by atoms with van der Waals surface area (Å²) in [5.41, 5.74) is 1.62. The standard InChI is InChI=1S/C23H22BrFN2O3S/c1-17(19-8-5-9-20(24)14-19)26-23(28)16-27(15-18-6-3-2-4-7-18)31(29,30)22-12-10-21(25)11-13-22/h2-14,17H,15-16H2,1H3,(H,26,28). The largest absolute Gasteiger partial charge is 0.348 e. The third-order valence-electron chi connectivity index (χ3n) is 4.70. The molecule has 3 aromatic rings. The molecule has 0 aliphatic heterocycles. The second-order valence-electron chi connectivity index (χ2n) is 7.06. The van der Waals surface area contributed by atoms with Crippen LogP contribution in [0.4, 0.5) is 4.39 Å². The van der Waals surface area contributed by atoms with Gasteiger partial charge in [-0.1, -0.05) is 58.4 Å². The molecule has 3 aromatic carbocycles. The van der Waals surface area contributed by atoms with Gasteiger partial charge in [-0.25, -0.2) is 12.8 Å². The molecule has 0 saturated heterocycles. The number of sulfonamides is 1.